The fourth-order valence-electron chi connectivity index (χ4n) is 0.544. The molecule has 0 rings (SSSR count). The second-order valence-corrected chi connectivity index (χ2v) is 5.65. The number of aliphatic carboxylic acids is 1. The van der Waals surface area contributed by atoms with Crippen molar-refractivity contribution in [2.24, 2.45) is 11.5 Å². The third-order valence-corrected chi connectivity index (χ3v) is 3.91. The molecule has 0 saturated heterocycles. The minimum absolute atomic E-state index is 0.178. The predicted octanol–water partition coefficient (Wildman–Crippen LogP) is -0.872. The van der Waals surface area contributed by atoms with E-state index < -0.39 is 30.0 Å². The molecule has 5 N–H and O–H groups in total. The molecule has 0 aromatic carbocycles. The average molecular weight is 298 g/mol. The van der Waals surface area contributed by atoms with Gasteiger partial charge >= 0.3 is 17.9 Å². The molecule has 0 spiro atoms. The maximum absolute atomic E-state index is 11.1. The molecular formula is C8H14N2O6S2. The van der Waals surface area contributed by atoms with Crippen molar-refractivity contribution >= 4 is 39.5 Å². The van der Waals surface area contributed by atoms with Crippen molar-refractivity contribution in [2.45, 2.75) is 19.0 Å². The number of carboxylic acid groups (broad SMARTS) is 1. The van der Waals surface area contributed by atoms with E-state index in [1.54, 1.807) is 0 Å². The van der Waals surface area contributed by atoms with Gasteiger partial charge in [-0.2, -0.15) is 0 Å². The summed E-state index contributed by atoms with van der Waals surface area (Å²) in [6.45, 7) is 1.08. The molecule has 10 heteroatoms. The van der Waals surface area contributed by atoms with E-state index in [1.807, 2.05) is 0 Å². The third-order valence-electron chi connectivity index (χ3n) is 1.44. The van der Waals surface area contributed by atoms with Gasteiger partial charge in [0, 0.05) is 18.4 Å². The number of carbonyl (C=O) groups is 3. The van der Waals surface area contributed by atoms with Gasteiger partial charge in [0.05, 0.1) is 0 Å². The van der Waals surface area contributed by atoms with E-state index in [0.29, 0.717) is 0 Å². The molecule has 2 atom stereocenters. The van der Waals surface area contributed by atoms with Crippen LogP contribution < -0.4 is 11.5 Å². The highest BCUT2D eigenvalue weighted by Gasteiger charge is 2.18. The van der Waals surface area contributed by atoms with Crippen LogP contribution in [-0.2, 0) is 24.2 Å². The molecule has 0 fully saturated rings. The molecule has 0 heterocycles. The molecule has 0 bridgehead atoms. The minimum atomic E-state index is -1.10. The quantitative estimate of drug-likeness (QED) is 0.235. The first kappa shape index (κ1) is 17.0. The van der Waals surface area contributed by atoms with E-state index in [1.165, 1.54) is 21.6 Å². The Morgan fingerprint density at radius 2 is 1.61 bits per heavy atom. The van der Waals surface area contributed by atoms with E-state index in [0.717, 1.165) is 6.92 Å². The summed E-state index contributed by atoms with van der Waals surface area (Å²) in [5.41, 5.74) is 10.7. The van der Waals surface area contributed by atoms with E-state index in [9.17, 15) is 14.4 Å². The lowest BCUT2D eigenvalue weighted by Crippen LogP contribution is -2.35. The summed E-state index contributed by atoms with van der Waals surface area (Å²) in [4.78, 5) is 40.0. The fraction of sp³-hybridized carbons (Fsp3) is 0.625. The molecule has 104 valence electrons. The van der Waals surface area contributed by atoms with Gasteiger partial charge in [0.25, 0.3) is 0 Å². The van der Waals surface area contributed by atoms with Crippen LogP contribution in [-0.4, -0.2) is 46.6 Å². The Morgan fingerprint density at radius 1 is 1.11 bits per heavy atom. The normalized spacial score (nSPS) is 13.5. The molecular weight excluding hydrogens is 284 g/mol. The maximum Gasteiger partial charge on any atom is 0.372 e. The van der Waals surface area contributed by atoms with Crippen LogP contribution in [0.4, 0.5) is 0 Å². The molecule has 0 saturated carbocycles. The topological polar surface area (TPSA) is 142 Å². The van der Waals surface area contributed by atoms with Gasteiger partial charge in [-0.1, -0.05) is 21.6 Å². The molecule has 8 nitrogen and oxygen atoms in total. The van der Waals surface area contributed by atoms with E-state index in [-0.39, 0.29) is 11.5 Å². The highest BCUT2D eigenvalue weighted by atomic mass is 33.1. The number of hydrogen-bond acceptors (Lipinski definition) is 9. The zero-order chi connectivity index (χ0) is 14.1. The second kappa shape index (κ2) is 9.03. The summed E-state index contributed by atoms with van der Waals surface area (Å²) in [5.74, 6) is -2.37. The van der Waals surface area contributed by atoms with Crippen LogP contribution in [0.15, 0.2) is 0 Å². The van der Waals surface area contributed by atoms with Crippen molar-refractivity contribution in [2.75, 3.05) is 11.5 Å². The van der Waals surface area contributed by atoms with Crippen LogP contribution in [0.25, 0.3) is 0 Å². The first-order chi connectivity index (χ1) is 8.34. The Hall–Kier alpha value is -0.970. The molecule has 0 aromatic heterocycles. The second-order valence-electron chi connectivity index (χ2n) is 3.10. The third kappa shape index (κ3) is 8.17. The lowest BCUT2D eigenvalue weighted by Gasteiger charge is -2.09. The van der Waals surface area contributed by atoms with Gasteiger partial charge in [-0.25, -0.2) is 19.4 Å². The zero-order valence-corrected chi connectivity index (χ0v) is 11.2. The van der Waals surface area contributed by atoms with Crippen LogP contribution in [0, 0.1) is 0 Å². The molecule has 0 amide bonds. The summed E-state index contributed by atoms with van der Waals surface area (Å²) in [6, 6.07) is -1.94. The number of hydrogen-bond donors (Lipinski definition) is 3. The average Bonchev–Trinajstić information content (AvgIpc) is 2.30. The van der Waals surface area contributed by atoms with Gasteiger partial charge in [0.2, 0.25) is 0 Å². The van der Waals surface area contributed by atoms with Gasteiger partial charge in [-0.15, -0.1) is 0 Å². The zero-order valence-electron chi connectivity index (χ0n) is 9.53. The van der Waals surface area contributed by atoms with Crippen molar-refractivity contribution in [1.82, 2.24) is 0 Å². The number of carbonyl (C=O) groups excluding carboxylic acids is 2. The summed E-state index contributed by atoms with van der Waals surface area (Å²) in [5, 5.41) is 8.51. The Bertz CT molecular complexity index is 314. The van der Waals surface area contributed by atoms with E-state index in [2.05, 4.69) is 9.78 Å². The van der Waals surface area contributed by atoms with Gasteiger partial charge in [0.15, 0.2) is 0 Å². The van der Waals surface area contributed by atoms with E-state index in [4.69, 9.17) is 16.6 Å². The Labute approximate surface area is 111 Å². The first-order valence-electron chi connectivity index (χ1n) is 4.72. The molecule has 2 unspecified atom stereocenters. The first-order valence-corrected chi connectivity index (χ1v) is 7.20. The summed E-state index contributed by atoms with van der Waals surface area (Å²) in [6.07, 6.45) is 0. The number of carboxylic acids is 1. The summed E-state index contributed by atoms with van der Waals surface area (Å²) in [7, 11) is 2.35. The molecule has 0 aliphatic heterocycles. The molecule has 0 aromatic rings. The van der Waals surface area contributed by atoms with Crippen molar-refractivity contribution in [3.05, 3.63) is 0 Å². The van der Waals surface area contributed by atoms with Crippen molar-refractivity contribution in [3.63, 3.8) is 0 Å². The summed E-state index contributed by atoms with van der Waals surface area (Å²) >= 11 is 0. The van der Waals surface area contributed by atoms with Gasteiger partial charge < -0.3 is 16.6 Å². The van der Waals surface area contributed by atoms with Crippen molar-refractivity contribution < 1.29 is 29.3 Å². The molecule has 0 radical (unpaired) electrons. The lowest BCUT2D eigenvalue weighted by molar-refractivity contribution is -0.257. The maximum atomic E-state index is 11.1. The molecule has 0 aliphatic carbocycles. The van der Waals surface area contributed by atoms with Gasteiger partial charge in [0.1, 0.15) is 12.1 Å². The standard InChI is InChI=1S/C8H14N2O6S2/c1-4(11)15-16-8(14)6(10)3-18-17-2-5(9)7(12)13/h5-6H,2-3,9-10H2,1H3,(H,12,13). The smallest absolute Gasteiger partial charge is 0.372 e. The Balaban J connectivity index is 3.69. The van der Waals surface area contributed by atoms with Crippen LogP contribution >= 0.6 is 21.6 Å². The van der Waals surface area contributed by atoms with Crippen LogP contribution in [0.5, 0.6) is 0 Å². The van der Waals surface area contributed by atoms with Gasteiger partial charge in [-0.3, -0.25) is 4.79 Å². The number of rotatable bonds is 7. The van der Waals surface area contributed by atoms with Gasteiger partial charge in [-0.05, 0) is 0 Å². The highest BCUT2D eigenvalue weighted by Crippen LogP contribution is 2.22. The van der Waals surface area contributed by atoms with Crippen molar-refractivity contribution in [1.29, 1.82) is 0 Å². The lowest BCUT2D eigenvalue weighted by atomic mass is 10.4. The SMILES string of the molecule is CC(=O)OOC(=O)C(N)CSSCC(N)C(=O)O. The minimum Gasteiger partial charge on any atom is -0.480 e. The van der Waals surface area contributed by atoms with Crippen LogP contribution in [0.1, 0.15) is 6.92 Å². The highest BCUT2D eigenvalue weighted by molar-refractivity contribution is 8.76. The van der Waals surface area contributed by atoms with Crippen molar-refractivity contribution in [3.8, 4) is 0 Å². The summed E-state index contributed by atoms with van der Waals surface area (Å²) < 4.78 is 0. The van der Waals surface area contributed by atoms with E-state index >= 15 is 0 Å². The monoisotopic (exact) mass is 298 g/mol. The van der Waals surface area contributed by atoms with Crippen LogP contribution in [0.3, 0.4) is 0 Å². The predicted molar refractivity (Wildman–Crippen MR) is 66.4 cm³/mol. The Morgan fingerprint density at radius 3 is 2.06 bits per heavy atom. The molecule has 18 heavy (non-hydrogen) atoms. The largest absolute Gasteiger partial charge is 0.480 e. The Kier molecular flexibility index (Phi) is 8.54. The fourth-order valence-corrected chi connectivity index (χ4v) is 2.77. The van der Waals surface area contributed by atoms with Crippen LogP contribution in [0.2, 0.25) is 0 Å². The number of nitrogens with two attached hydrogens (primary N) is 2. The molecule has 0 aliphatic rings.